The summed E-state index contributed by atoms with van der Waals surface area (Å²) in [4.78, 5) is 0. The van der Waals surface area contributed by atoms with E-state index in [1.807, 2.05) is 0 Å². The van der Waals surface area contributed by atoms with Gasteiger partial charge in [-0.2, -0.15) is 0 Å². The molecule has 0 aromatic heterocycles. The molecular formula is C13H26O. The Bertz CT molecular complexity index is 176. The molecule has 0 bridgehead atoms. The van der Waals surface area contributed by atoms with Crippen LogP contribution in [-0.2, 0) is 0 Å². The van der Waals surface area contributed by atoms with E-state index in [2.05, 4.69) is 27.7 Å². The summed E-state index contributed by atoms with van der Waals surface area (Å²) in [5, 5.41) is 10.4. The molecule has 14 heavy (non-hydrogen) atoms. The van der Waals surface area contributed by atoms with Crippen LogP contribution >= 0.6 is 0 Å². The van der Waals surface area contributed by atoms with Crippen LogP contribution in [0, 0.1) is 17.8 Å². The highest BCUT2D eigenvalue weighted by atomic mass is 16.3. The first-order valence-electron chi connectivity index (χ1n) is 6.23. The fourth-order valence-electron chi connectivity index (χ4n) is 2.81. The van der Waals surface area contributed by atoms with Crippen LogP contribution < -0.4 is 0 Å². The molecule has 3 unspecified atom stereocenters. The average molecular weight is 198 g/mol. The highest BCUT2D eigenvalue weighted by Gasteiger charge is 2.37. The summed E-state index contributed by atoms with van der Waals surface area (Å²) in [7, 11) is 0. The van der Waals surface area contributed by atoms with Crippen LogP contribution in [0.4, 0.5) is 0 Å². The van der Waals surface area contributed by atoms with Gasteiger partial charge in [0.2, 0.25) is 0 Å². The van der Waals surface area contributed by atoms with Gasteiger partial charge in [-0.25, -0.2) is 0 Å². The molecule has 0 amide bonds. The summed E-state index contributed by atoms with van der Waals surface area (Å²) < 4.78 is 0. The van der Waals surface area contributed by atoms with Gasteiger partial charge in [-0.15, -0.1) is 0 Å². The van der Waals surface area contributed by atoms with E-state index in [0.29, 0.717) is 0 Å². The lowest BCUT2D eigenvalue weighted by Crippen LogP contribution is -2.40. The third-order valence-corrected chi connectivity index (χ3v) is 4.13. The molecule has 0 saturated heterocycles. The van der Waals surface area contributed by atoms with Crippen molar-refractivity contribution in [1.29, 1.82) is 0 Å². The van der Waals surface area contributed by atoms with E-state index in [4.69, 9.17) is 0 Å². The van der Waals surface area contributed by atoms with Crippen molar-refractivity contribution in [2.45, 2.75) is 65.4 Å². The maximum absolute atomic E-state index is 10.4. The number of rotatable bonds is 3. The van der Waals surface area contributed by atoms with Crippen molar-refractivity contribution < 1.29 is 5.11 Å². The molecule has 0 heterocycles. The maximum Gasteiger partial charge on any atom is 0.0650 e. The third kappa shape index (κ3) is 2.73. The topological polar surface area (TPSA) is 20.2 Å². The standard InChI is InChI=1S/C13H26O/c1-5-11-7-12(10(3)4)9-13(14,6-2)8-11/h10-12,14H,5-9H2,1-4H3. The maximum atomic E-state index is 10.4. The second-order valence-corrected chi connectivity index (χ2v) is 5.50. The van der Waals surface area contributed by atoms with Gasteiger partial charge in [0.15, 0.2) is 0 Å². The van der Waals surface area contributed by atoms with Gasteiger partial charge >= 0.3 is 0 Å². The van der Waals surface area contributed by atoms with E-state index in [9.17, 15) is 5.11 Å². The molecule has 1 saturated carbocycles. The van der Waals surface area contributed by atoms with Crippen LogP contribution in [0.15, 0.2) is 0 Å². The Morgan fingerprint density at radius 2 is 1.93 bits per heavy atom. The van der Waals surface area contributed by atoms with Crippen molar-refractivity contribution in [3.8, 4) is 0 Å². The van der Waals surface area contributed by atoms with E-state index >= 15 is 0 Å². The van der Waals surface area contributed by atoms with Crippen molar-refractivity contribution in [2.24, 2.45) is 17.8 Å². The lowest BCUT2D eigenvalue weighted by atomic mass is 9.67. The van der Waals surface area contributed by atoms with Gasteiger partial charge < -0.3 is 5.11 Å². The van der Waals surface area contributed by atoms with Gasteiger partial charge in [0, 0.05) is 0 Å². The predicted molar refractivity (Wildman–Crippen MR) is 61.2 cm³/mol. The molecule has 1 nitrogen and oxygen atoms in total. The second kappa shape index (κ2) is 4.65. The largest absolute Gasteiger partial charge is 0.390 e. The number of hydrogen-bond acceptors (Lipinski definition) is 1. The average Bonchev–Trinajstić information content (AvgIpc) is 2.17. The van der Waals surface area contributed by atoms with E-state index in [1.54, 1.807) is 0 Å². The van der Waals surface area contributed by atoms with E-state index in [0.717, 1.165) is 37.0 Å². The summed E-state index contributed by atoms with van der Waals surface area (Å²) in [6.07, 6.45) is 5.54. The summed E-state index contributed by atoms with van der Waals surface area (Å²) >= 11 is 0. The van der Waals surface area contributed by atoms with Gasteiger partial charge in [-0.05, 0) is 43.4 Å². The molecule has 0 aromatic carbocycles. The Kier molecular flexibility index (Phi) is 4.00. The van der Waals surface area contributed by atoms with Crippen LogP contribution in [0.1, 0.15) is 59.8 Å². The Morgan fingerprint density at radius 1 is 1.29 bits per heavy atom. The zero-order valence-electron chi connectivity index (χ0n) is 10.2. The molecular weight excluding hydrogens is 172 g/mol. The zero-order chi connectivity index (χ0) is 10.8. The Labute approximate surface area is 88.9 Å². The van der Waals surface area contributed by atoms with Gasteiger partial charge in [-0.1, -0.05) is 34.1 Å². The third-order valence-electron chi connectivity index (χ3n) is 4.13. The predicted octanol–water partition coefficient (Wildman–Crippen LogP) is 3.61. The van der Waals surface area contributed by atoms with Crippen LogP contribution in [-0.4, -0.2) is 10.7 Å². The summed E-state index contributed by atoms with van der Waals surface area (Å²) in [5.41, 5.74) is -0.353. The normalized spacial score (nSPS) is 39.0. The highest BCUT2D eigenvalue weighted by Crippen LogP contribution is 2.42. The van der Waals surface area contributed by atoms with E-state index in [-0.39, 0.29) is 5.60 Å². The highest BCUT2D eigenvalue weighted by molar-refractivity contribution is 4.89. The van der Waals surface area contributed by atoms with Crippen LogP contribution in [0.5, 0.6) is 0 Å². The van der Waals surface area contributed by atoms with Crippen LogP contribution in [0.2, 0.25) is 0 Å². The van der Waals surface area contributed by atoms with E-state index < -0.39 is 0 Å². The van der Waals surface area contributed by atoms with Gasteiger partial charge in [0.25, 0.3) is 0 Å². The van der Waals surface area contributed by atoms with Crippen LogP contribution in [0.3, 0.4) is 0 Å². The van der Waals surface area contributed by atoms with Crippen LogP contribution in [0.25, 0.3) is 0 Å². The first-order valence-corrected chi connectivity index (χ1v) is 6.23. The molecule has 0 radical (unpaired) electrons. The zero-order valence-corrected chi connectivity index (χ0v) is 10.2. The van der Waals surface area contributed by atoms with Gasteiger partial charge in [0.05, 0.1) is 5.60 Å². The monoisotopic (exact) mass is 198 g/mol. The van der Waals surface area contributed by atoms with Crippen molar-refractivity contribution in [1.82, 2.24) is 0 Å². The first kappa shape index (κ1) is 12.0. The van der Waals surface area contributed by atoms with Crippen molar-refractivity contribution in [3.05, 3.63) is 0 Å². The van der Waals surface area contributed by atoms with Gasteiger partial charge in [-0.3, -0.25) is 0 Å². The minimum Gasteiger partial charge on any atom is -0.390 e. The fraction of sp³-hybridized carbons (Fsp3) is 1.00. The number of aliphatic hydroxyl groups is 1. The van der Waals surface area contributed by atoms with Crippen molar-refractivity contribution in [2.75, 3.05) is 0 Å². The molecule has 84 valence electrons. The van der Waals surface area contributed by atoms with Crippen molar-refractivity contribution >= 4 is 0 Å². The Balaban J connectivity index is 2.66. The SMILES string of the molecule is CCC1CC(C(C)C)CC(O)(CC)C1. The number of hydrogen-bond donors (Lipinski definition) is 1. The molecule has 1 fully saturated rings. The quantitative estimate of drug-likeness (QED) is 0.734. The molecule has 1 N–H and O–H groups in total. The molecule has 1 heteroatoms. The fourth-order valence-corrected chi connectivity index (χ4v) is 2.81. The van der Waals surface area contributed by atoms with Crippen molar-refractivity contribution in [3.63, 3.8) is 0 Å². The summed E-state index contributed by atoms with van der Waals surface area (Å²) in [5.74, 6) is 2.21. The van der Waals surface area contributed by atoms with E-state index in [1.165, 1.54) is 12.8 Å². The lowest BCUT2D eigenvalue weighted by Gasteiger charge is -2.42. The molecule has 1 rings (SSSR count). The minimum atomic E-state index is -0.353. The summed E-state index contributed by atoms with van der Waals surface area (Å²) in [6, 6.07) is 0. The molecule has 0 aromatic rings. The second-order valence-electron chi connectivity index (χ2n) is 5.50. The molecule has 0 aliphatic heterocycles. The molecule has 0 spiro atoms. The first-order chi connectivity index (χ1) is 6.50. The lowest BCUT2D eigenvalue weighted by molar-refractivity contribution is -0.0493. The minimum absolute atomic E-state index is 0.353. The molecule has 1 aliphatic rings. The summed E-state index contributed by atoms with van der Waals surface area (Å²) in [6.45, 7) is 8.95. The molecule has 3 atom stereocenters. The smallest absolute Gasteiger partial charge is 0.0650 e. The Hall–Kier alpha value is -0.0400. The van der Waals surface area contributed by atoms with Gasteiger partial charge in [0.1, 0.15) is 0 Å². The Morgan fingerprint density at radius 3 is 2.36 bits per heavy atom. The molecule has 1 aliphatic carbocycles.